The largest absolute Gasteiger partial charge is 0.363 e. The summed E-state index contributed by atoms with van der Waals surface area (Å²) < 4.78 is 15.5. The molecule has 0 unspecified atom stereocenters. The van der Waals surface area contributed by atoms with Gasteiger partial charge in [-0.15, -0.1) is 5.10 Å². The van der Waals surface area contributed by atoms with Crippen LogP contribution in [0.15, 0.2) is 42.5 Å². The van der Waals surface area contributed by atoms with Crippen LogP contribution >= 0.6 is 11.6 Å². The average molecular weight is 402 g/mol. The molecule has 0 fully saturated rings. The number of hydrogen-bond acceptors (Lipinski definition) is 5. The van der Waals surface area contributed by atoms with Crippen LogP contribution in [-0.2, 0) is 6.54 Å². The second kappa shape index (κ2) is 7.87. The number of nitrogens with zero attached hydrogens (tertiary/aromatic N) is 4. The number of halogens is 2. The zero-order chi connectivity index (χ0) is 20.4. The SMILES string of the molecule is CN(C)Cc1nc(C(N)=O)nn1-c1ccc(Cl)cc1C(=O)c1ccccc1F. The Kier molecular flexibility index (Phi) is 5.53. The summed E-state index contributed by atoms with van der Waals surface area (Å²) in [6.07, 6.45) is 0. The highest BCUT2D eigenvalue weighted by molar-refractivity contribution is 6.31. The Bertz CT molecular complexity index is 1060. The normalized spacial score (nSPS) is 11.0. The number of nitrogens with two attached hydrogens (primary N) is 1. The Labute approximate surface area is 165 Å². The summed E-state index contributed by atoms with van der Waals surface area (Å²) in [5.41, 5.74) is 5.65. The van der Waals surface area contributed by atoms with Crippen molar-refractivity contribution in [1.82, 2.24) is 19.7 Å². The van der Waals surface area contributed by atoms with Crippen LogP contribution in [0.1, 0.15) is 32.4 Å². The first kappa shape index (κ1) is 19.7. The van der Waals surface area contributed by atoms with Crippen LogP contribution in [-0.4, -0.2) is 45.5 Å². The molecule has 0 aliphatic rings. The lowest BCUT2D eigenvalue weighted by Gasteiger charge is -2.14. The van der Waals surface area contributed by atoms with Crippen LogP contribution in [0.3, 0.4) is 0 Å². The van der Waals surface area contributed by atoms with Crippen molar-refractivity contribution in [2.24, 2.45) is 5.73 Å². The summed E-state index contributed by atoms with van der Waals surface area (Å²) in [6, 6.07) is 10.2. The topological polar surface area (TPSA) is 94.1 Å². The van der Waals surface area contributed by atoms with E-state index >= 15 is 0 Å². The van der Waals surface area contributed by atoms with Crippen LogP contribution in [0.2, 0.25) is 5.02 Å². The van der Waals surface area contributed by atoms with Gasteiger partial charge in [0.15, 0.2) is 5.78 Å². The van der Waals surface area contributed by atoms with E-state index in [1.54, 1.807) is 18.2 Å². The van der Waals surface area contributed by atoms with E-state index in [0.29, 0.717) is 23.1 Å². The molecule has 3 aromatic rings. The molecule has 0 aliphatic carbocycles. The quantitative estimate of drug-likeness (QED) is 0.640. The van der Waals surface area contributed by atoms with Gasteiger partial charge in [0, 0.05) is 10.6 Å². The minimum absolute atomic E-state index is 0.101. The molecular weight excluding hydrogens is 385 g/mol. The molecule has 9 heteroatoms. The van der Waals surface area contributed by atoms with Crippen LogP contribution in [0, 0.1) is 5.82 Å². The van der Waals surface area contributed by atoms with Gasteiger partial charge in [0.25, 0.3) is 5.91 Å². The molecule has 1 amide bonds. The number of rotatable bonds is 6. The first-order valence-corrected chi connectivity index (χ1v) is 8.65. The van der Waals surface area contributed by atoms with Crippen molar-refractivity contribution >= 4 is 23.3 Å². The van der Waals surface area contributed by atoms with E-state index in [1.807, 2.05) is 19.0 Å². The molecule has 0 spiro atoms. The smallest absolute Gasteiger partial charge is 0.288 e. The van der Waals surface area contributed by atoms with Crippen molar-refractivity contribution in [3.05, 3.63) is 76.1 Å². The molecule has 0 aliphatic heterocycles. The molecule has 7 nitrogen and oxygen atoms in total. The predicted octanol–water partition coefficient (Wildman–Crippen LogP) is 2.45. The van der Waals surface area contributed by atoms with Gasteiger partial charge in [0.1, 0.15) is 11.6 Å². The van der Waals surface area contributed by atoms with Gasteiger partial charge in [-0.25, -0.2) is 14.1 Å². The number of primary amides is 1. The van der Waals surface area contributed by atoms with E-state index in [0.717, 1.165) is 0 Å². The molecule has 28 heavy (non-hydrogen) atoms. The Morgan fingerprint density at radius 1 is 1.18 bits per heavy atom. The molecule has 1 heterocycles. The fourth-order valence-electron chi connectivity index (χ4n) is 2.69. The first-order valence-electron chi connectivity index (χ1n) is 8.27. The zero-order valence-electron chi connectivity index (χ0n) is 15.2. The zero-order valence-corrected chi connectivity index (χ0v) is 15.9. The maximum absolute atomic E-state index is 14.2. The van der Waals surface area contributed by atoms with E-state index < -0.39 is 17.5 Å². The van der Waals surface area contributed by atoms with Gasteiger partial charge in [0.05, 0.1) is 17.8 Å². The standard InChI is InChI=1S/C19H17ClFN5O2/c1-25(2)10-16-23-19(18(22)28)24-26(16)15-8-7-11(20)9-13(15)17(27)12-5-3-4-6-14(12)21/h3-9H,10H2,1-2H3,(H2,22,28). The van der Waals surface area contributed by atoms with Crippen molar-refractivity contribution in [2.75, 3.05) is 14.1 Å². The molecule has 0 saturated heterocycles. The number of carbonyl (C=O) groups is 2. The predicted molar refractivity (Wildman–Crippen MR) is 102 cm³/mol. The third kappa shape index (κ3) is 3.92. The van der Waals surface area contributed by atoms with E-state index in [2.05, 4.69) is 10.1 Å². The average Bonchev–Trinajstić information content (AvgIpc) is 3.04. The highest BCUT2D eigenvalue weighted by atomic mass is 35.5. The molecular formula is C19H17ClFN5O2. The number of hydrogen-bond donors (Lipinski definition) is 1. The fourth-order valence-corrected chi connectivity index (χ4v) is 2.86. The second-order valence-electron chi connectivity index (χ2n) is 6.34. The lowest BCUT2D eigenvalue weighted by atomic mass is 10.0. The number of benzene rings is 2. The molecule has 0 saturated carbocycles. The summed E-state index contributed by atoms with van der Waals surface area (Å²) in [7, 11) is 3.63. The minimum atomic E-state index is -0.797. The second-order valence-corrected chi connectivity index (χ2v) is 6.77. The van der Waals surface area contributed by atoms with Crippen molar-refractivity contribution in [3.63, 3.8) is 0 Å². The Morgan fingerprint density at radius 2 is 1.89 bits per heavy atom. The molecule has 144 valence electrons. The molecule has 0 radical (unpaired) electrons. The number of amides is 1. The summed E-state index contributed by atoms with van der Waals surface area (Å²) in [6.45, 7) is 0.330. The van der Waals surface area contributed by atoms with Gasteiger partial charge in [-0.3, -0.25) is 9.59 Å². The number of ketones is 1. The van der Waals surface area contributed by atoms with Crippen molar-refractivity contribution < 1.29 is 14.0 Å². The van der Waals surface area contributed by atoms with Gasteiger partial charge in [0.2, 0.25) is 5.82 Å². The molecule has 3 rings (SSSR count). The first-order chi connectivity index (χ1) is 13.3. The summed E-state index contributed by atoms with van der Waals surface area (Å²) in [5.74, 6) is -1.81. The summed E-state index contributed by atoms with van der Waals surface area (Å²) in [5, 5.41) is 4.44. The van der Waals surface area contributed by atoms with Gasteiger partial charge >= 0.3 is 0 Å². The van der Waals surface area contributed by atoms with Crippen molar-refractivity contribution in [1.29, 1.82) is 0 Å². The van der Waals surface area contributed by atoms with E-state index in [4.69, 9.17) is 17.3 Å². The minimum Gasteiger partial charge on any atom is -0.363 e. The molecule has 1 aromatic heterocycles. The van der Waals surface area contributed by atoms with Crippen LogP contribution < -0.4 is 5.73 Å². The monoisotopic (exact) mass is 401 g/mol. The molecule has 0 atom stereocenters. The number of aromatic nitrogens is 3. The molecule has 0 bridgehead atoms. The maximum atomic E-state index is 14.2. The van der Waals surface area contributed by atoms with Crippen LogP contribution in [0.25, 0.3) is 5.69 Å². The number of carbonyl (C=O) groups excluding carboxylic acids is 2. The Balaban J connectivity index is 2.20. The lowest BCUT2D eigenvalue weighted by molar-refractivity contribution is 0.0989. The third-order valence-electron chi connectivity index (χ3n) is 3.90. The van der Waals surface area contributed by atoms with Crippen molar-refractivity contribution in [3.8, 4) is 5.69 Å². The Morgan fingerprint density at radius 3 is 2.54 bits per heavy atom. The van der Waals surface area contributed by atoms with Gasteiger partial charge in [-0.1, -0.05) is 23.7 Å². The third-order valence-corrected chi connectivity index (χ3v) is 4.14. The van der Waals surface area contributed by atoms with Gasteiger partial charge in [-0.05, 0) is 44.4 Å². The molecule has 2 aromatic carbocycles. The Hall–Kier alpha value is -3.10. The van der Waals surface area contributed by atoms with Crippen molar-refractivity contribution in [2.45, 2.75) is 6.54 Å². The fraction of sp³-hybridized carbons (Fsp3) is 0.158. The summed E-state index contributed by atoms with van der Waals surface area (Å²) >= 11 is 6.08. The highest BCUT2D eigenvalue weighted by Gasteiger charge is 2.23. The highest BCUT2D eigenvalue weighted by Crippen LogP contribution is 2.24. The van der Waals surface area contributed by atoms with E-state index in [-0.39, 0.29) is 17.0 Å². The van der Waals surface area contributed by atoms with Crippen LogP contribution in [0.5, 0.6) is 0 Å². The van der Waals surface area contributed by atoms with Gasteiger partial charge < -0.3 is 10.6 Å². The molecule has 2 N–H and O–H groups in total. The van der Waals surface area contributed by atoms with E-state index in [1.165, 1.54) is 28.9 Å². The lowest BCUT2D eigenvalue weighted by Crippen LogP contribution is -2.17. The van der Waals surface area contributed by atoms with Crippen LogP contribution in [0.4, 0.5) is 4.39 Å². The summed E-state index contributed by atoms with van der Waals surface area (Å²) in [4.78, 5) is 30.6. The van der Waals surface area contributed by atoms with E-state index in [9.17, 15) is 14.0 Å². The maximum Gasteiger partial charge on any atom is 0.288 e. The van der Waals surface area contributed by atoms with Gasteiger partial charge in [-0.2, -0.15) is 0 Å².